The third kappa shape index (κ3) is 5.06. The monoisotopic (exact) mass is 308 g/mol. The van der Waals surface area contributed by atoms with Gasteiger partial charge in [0.1, 0.15) is 5.82 Å². The van der Waals surface area contributed by atoms with Crippen LogP contribution in [0.2, 0.25) is 0 Å². The highest BCUT2D eigenvalue weighted by molar-refractivity contribution is 7.88. The van der Waals surface area contributed by atoms with Crippen LogP contribution >= 0.6 is 12.4 Å². The van der Waals surface area contributed by atoms with E-state index in [1.165, 1.54) is 18.2 Å². The van der Waals surface area contributed by atoms with Gasteiger partial charge < -0.3 is 5.73 Å². The third-order valence-corrected chi connectivity index (χ3v) is 4.40. The Morgan fingerprint density at radius 2 is 2.11 bits per heavy atom. The number of nitrogens with one attached hydrogen (secondary N) is 1. The van der Waals surface area contributed by atoms with E-state index in [1.807, 2.05) is 0 Å². The Bertz CT molecular complexity index is 520. The fourth-order valence-corrected chi connectivity index (χ4v) is 3.41. The molecule has 0 amide bonds. The maximum Gasteiger partial charge on any atom is 0.216 e. The van der Waals surface area contributed by atoms with Gasteiger partial charge in [-0.25, -0.2) is 17.5 Å². The molecule has 4 nitrogen and oxygen atoms in total. The topological polar surface area (TPSA) is 72.2 Å². The fourth-order valence-electron chi connectivity index (χ4n) is 1.95. The van der Waals surface area contributed by atoms with Gasteiger partial charge in [0.25, 0.3) is 0 Å². The lowest BCUT2D eigenvalue weighted by molar-refractivity contribution is 0.518. The van der Waals surface area contributed by atoms with Gasteiger partial charge in [-0.3, -0.25) is 0 Å². The molecule has 0 saturated heterocycles. The molecular weight excluding hydrogens is 291 g/mol. The van der Waals surface area contributed by atoms with Gasteiger partial charge in [0, 0.05) is 12.6 Å². The van der Waals surface area contributed by atoms with Gasteiger partial charge >= 0.3 is 0 Å². The van der Waals surface area contributed by atoms with E-state index in [0.29, 0.717) is 18.0 Å². The summed E-state index contributed by atoms with van der Waals surface area (Å²) in [6, 6.07) is 5.42. The molecule has 19 heavy (non-hydrogen) atoms. The molecule has 1 aliphatic rings. The lowest BCUT2D eigenvalue weighted by Gasteiger charge is -2.16. The van der Waals surface area contributed by atoms with Gasteiger partial charge in [-0.2, -0.15) is 0 Å². The molecule has 108 valence electrons. The molecule has 1 aliphatic carbocycles. The predicted octanol–water partition coefficient (Wildman–Crippen LogP) is 1.40. The van der Waals surface area contributed by atoms with Crippen molar-refractivity contribution in [2.45, 2.75) is 24.6 Å². The molecule has 0 heterocycles. The van der Waals surface area contributed by atoms with Crippen LogP contribution in [0.25, 0.3) is 0 Å². The fraction of sp³-hybridized carbons (Fsp3) is 0.500. The van der Waals surface area contributed by atoms with Crippen LogP contribution in [0.15, 0.2) is 24.3 Å². The summed E-state index contributed by atoms with van der Waals surface area (Å²) in [5.74, 6) is -0.286. The standard InChI is InChI=1S/C12H17FN2O2S.ClH/c13-11-3-1-2-9(6-11)8-18(16,17)15-12(7-14)10-4-5-10;/h1-3,6,10,12,15H,4-5,7-8,14H2;1H. The van der Waals surface area contributed by atoms with E-state index in [2.05, 4.69) is 4.72 Å². The van der Waals surface area contributed by atoms with E-state index in [1.54, 1.807) is 6.07 Å². The molecule has 0 aliphatic heterocycles. The van der Waals surface area contributed by atoms with E-state index in [9.17, 15) is 12.8 Å². The van der Waals surface area contributed by atoms with E-state index in [0.717, 1.165) is 12.8 Å². The molecule has 1 aromatic carbocycles. The third-order valence-electron chi connectivity index (χ3n) is 3.02. The second kappa shape index (κ2) is 6.65. The average Bonchev–Trinajstić information content (AvgIpc) is 3.09. The summed E-state index contributed by atoms with van der Waals surface area (Å²) in [6.45, 7) is 0.299. The second-order valence-electron chi connectivity index (χ2n) is 4.69. The zero-order valence-electron chi connectivity index (χ0n) is 10.4. The van der Waals surface area contributed by atoms with E-state index in [4.69, 9.17) is 5.73 Å². The summed E-state index contributed by atoms with van der Waals surface area (Å²) >= 11 is 0. The number of hydrogen-bond donors (Lipinski definition) is 2. The van der Waals surface area contributed by atoms with Gasteiger partial charge in [-0.1, -0.05) is 12.1 Å². The Balaban J connectivity index is 0.00000180. The molecule has 3 N–H and O–H groups in total. The Labute approximate surface area is 119 Å². The summed E-state index contributed by atoms with van der Waals surface area (Å²) in [5.41, 5.74) is 5.99. The van der Waals surface area contributed by atoms with Crippen LogP contribution in [-0.2, 0) is 15.8 Å². The molecule has 0 radical (unpaired) electrons. The zero-order valence-corrected chi connectivity index (χ0v) is 12.0. The number of hydrogen-bond acceptors (Lipinski definition) is 3. The van der Waals surface area contributed by atoms with Crippen molar-refractivity contribution in [3.8, 4) is 0 Å². The van der Waals surface area contributed by atoms with Crippen LogP contribution in [0, 0.1) is 11.7 Å². The van der Waals surface area contributed by atoms with Gasteiger partial charge in [-0.15, -0.1) is 12.4 Å². The molecule has 0 spiro atoms. The Morgan fingerprint density at radius 1 is 1.42 bits per heavy atom. The van der Waals surface area contributed by atoms with Crippen molar-refractivity contribution >= 4 is 22.4 Å². The van der Waals surface area contributed by atoms with Crippen molar-refractivity contribution in [3.05, 3.63) is 35.6 Å². The number of sulfonamides is 1. The van der Waals surface area contributed by atoms with Crippen molar-refractivity contribution in [1.82, 2.24) is 4.72 Å². The summed E-state index contributed by atoms with van der Waals surface area (Å²) in [6.07, 6.45) is 2.04. The van der Waals surface area contributed by atoms with E-state index >= 15 is 0 Å². The van der Waals surface area contributed by atoms with Crippen molar-refractivity contribution in [3.63, 3.8) is 0 Å². The highest BCUT2D eigenvalue weighted by Gasteiger charge is 2.32. The quantitative estimate of drug-likeness (QED) is 0.834. The van der Waals surface area contributed by atoms with Gasteiger partial charge in [-0.05, 0) is 36.5 Å². The lowest BCUT2D eigenvalue weighted by atomic mass is 10.2. The number of nitrogens with two attached hydrogens (primary N) is 1. The maximum absolute atomic E-state index is 13.0. The number of rotatable bonds is 6. The van der Waals surface area contributed by atoms with Crippen molar-refractivity contribution in [2.75, 3.05) is 6.54 Å². The highest BCUT2D eigenvalue weighted by Crippen LogP contribution is 2.32. The molecular formula is C12H18ClFN2O2S. The molecule has 7 heteroatoms. The zero-order chi connectivity index (χ0) is 13.2. The first-order chi connectivity index (χ1) is 8.50. The van der Waals surface area contributed by atoms with Gasteiger partial charge in [0.15, 0.2) is 0 Å². The highest BCUT2D eigenvalue weighted by atomic mass is 35.5. The van der Waals surface area contributed by atoms with Gasteiger partial charge in [0.2, 0.25) is 10.0 Å². The molecule has 1 saturated carbocycles. The summed E-state index contributed by atoms with van der Waals surface area (Å²) in [5, 5.41) is 0. The first-order valence-corrected chi connectivity index (χ1v) is 7.60. The number of halogens is 2. The second-order valence-corrected chi connectivity index (χ2v) is 6.44. The predicted molar refractivity (Wildman–Crippen MR) is 75.0 cm³/mol. The van der Waals surface area contributed by atoms with Crippen LogP contribution in [-0.4, -0.2) is 21.0 Å². The smallest absolute Gasteiger partial charge is 0.216 e. The molecule has 1 fully saturated rings. The van der Waals surface area contributed by atoms with Crippen molar-refractivity contribution in [2.24, 2.45) is 11.7 Å². The van der Waals surface area contributed by atoms with Crippen LogP contribution in [0.4, 0.5) is 4.39 Å². The molecule has 0 bridgehead atoms. The van der Waals surface area contributed by atoms with Crippen LogP contribution in [0.5, 0.6) is 0 Å². The minimum absolute atomic E-state index is 0. The first-order valence-electron chi connectivity index (χ1n) is 5.95. The Hall–Kier alpha value is -0.690. The minimum atomic E-state index is -3.46. The summed E-state index contributed by atoms with van der Waals surface area (Å²) < 4.78 is 39.4. The normalized spacial score (nSPS) is 16.7. The van der Waals surface area contributed by atoms with Crippen molar-refractivity contribution < 1.29 is 12.8 Å². The largest absolute Gasteiger partial charge is 0.329 e. The van der Waals surface area contributed by atoms with Crippen LogP contribution < -0.4 is 10.5 Å². The van der Waals surface area contributed by atoms with E-state index in [-0.39, 0.29) is 24.2 Å². The number of benzene rings is 1. The minimum Gasteiger partial charge on any atom is -0.329 e. The SMILES string of the molecule is Cl.NCC(NS(=O)(=O)Cc1cccc(F)c1)C1CC1. The summed E-state index contributed by atoms with van der Waals surface area (Å²) in [7, 11) is -3.46. The molecule has 1 atom stereocenters. The lowest BCUT2D eigenvalue weighted by Crippen LogP contribution is -2.42. The van der Waals surface area contributed by atoms with Crippen molar-refractivity contribution in [1.29, 1.82) is 0 Å². The molecule has 1 unspecified atom stereocenters. The molecule has 2 rings (SSSR count). The first kappa shape index (κ1) is 16.4. The molecule has 1 aromatic rings. The van der Waals surface area contributed by atoms with E-state index < -0.39 is 15.8 Å². The Kier molecular flexibility index (Phi) is 5.73. The van der Waals surface area contributed by atoms with Crippen LogP contribution in [0.1, 0.15) is 18.4 Å². The summed E-state index contributed by atoms with van der Waals surface area (Å²) in [4.78, 5) is 0. The average molecular weight is 309 g/mol. The maximum atomic E-state index is 13.0. The Morgan fingerprint density at radius 3 is 2.63 bits per heavy atom. The molecule has 0 aromatic heterocycles. The van der Waals surface area contributed by atoms with Crippen LogP contribution in [0.3, 0.4) is 0 Å². The van der Waals surface area contributed by atoms with Gasteiger partial charge in [0.05, 0.1) is 5.75 Å².